The van der Waals surface area contributed by atoms with Crippen molar-refractivity contribution in [3.63, 3.8) is 0 Å². The van der Waals surface area contributed by atoms with E-state index in [9.17, 15) is 0 Å². The minimum atomic E-state index is 0.0474. The van der Waals surface area contributed by atoms with Crippen LogP contribution in [0, 0.1) is 5.92 Å². The van der Waals surface area contributed by atoms with Crippen LogP contribution in [0.15, 0.2) is 54.1 Å². The molecule has 78 valence electrons. The molecule has 1 aliphatic rings. The van der Waals surface area contributed by atoms with Gasteiger partial charge in [-0.1, -0.05) is 55.5 Å². The van der Waals surface area contributed by atoms with E-state index in [-0.39, 0.29) is 6.04 Å². The molecule has 0 fully saturated rings. The lowest BCUT2D eigenvalue weighted by Crippen LogP contribution is -2.18. The molecule has 1 aliphatic carbocycles. The third-order valence-electron chi connectivity index (χ3n) is 3.00. The van der Waals surface area contributed by atoms with E-state index < -0.39 is 0 Å². The summed E-state index contributed by atoms with van der Waals surface area (Å²) in [6.07, 6.45) is 7.57. The molecule has 0 bridgehead atoms. The first kappa shape index (κ1) is 10.2. The molecular weight excluding hydrogens is 182 g/mol. The van der Waals surface area contributed by atoms with E-state index in [4.69, 9.17) is 5.73 Å². The first-order valence-electron chi connectivity index (χ1n) is 5.46. The lowest BCUT2D eigenvalue weighted by Gasteiger charge is -2.23. The van der Waals surface area contributed by atoms with Gasteiger partial charge in [0.15, 0.2) is 0 Å². The Morgan fingerprint density at radius 1 is 1.27 bits per heavy atom. The molecule has 2 unspecified atom stereocenters. The highest BCUT2D eigenvalue weighted by Gasteiger charge is 2.17. The lowest BCUT2D eigenvalue weighted by atomic mass is 9.85. The zero-order valence-corrected chi connectivity index (χ0v) is 9.06. The molecule has 0 saturated carbocycles. The Labute approximate surface area is 91.3 Å². The van der Waals surface area contributed by atoms with E-state index in [1.807, 2.05) is 18.2 Å². The molecule has 0 spiro atoms. The van der Waals surface area contributed by atoms with Gasteiger partial charge in [-0.05, 0) is 23.5 Å². The van der Waals surface area contributed by atoms with Crippen molar-refractivity contribution in [1.29, 1.82) is 0 Å². The largest absolute Gasteiger partial charge is 0.321 e. The van der Waals surface area contributed by atoms with E-state index in [0.29, 0.717) is 5.92 Å². The lowest BCUT2D eigenvalue weighted by molar-refractivity contribution is 0.615. The van der Waals surface area contributed by atoms with Crippen LogP contribution in [-0.2, 0) is 0 Å². The molecule has 2 N–H and O–H groups in total. The monoisotopic (exact) mass is 199 g/mol. The predicted octanol–water partition coefficient (Wildman–Crippen LogP) is 3.21. The zero-order valence-electron chi connectivity index (χ0n) is 9.06. The molecule has 1 nitrogen and oxygen atoms in total. The summed E-state index contributed by atoms with van der Waals surface area (Å²) in [5.74, 6) is 0.560. The van der Waals surface area contributed by atoms with E-state index in [1.54, 1.807) is 0 Å². The Hall–Kier alpha value is -1.34. The highest BCUT2D eigenvalue weighted by atomic mass is 14.6. The average Bonchev–Trinajstić information content (AvgIpc) is 2.30. The summed E-state index contributed by atoms with van der Waals surface area (Å²) >= 11 is 0. The number of rotatable bonds is 2. The first-order valence-corrected chi connectivity index (χ1v) is 5.46. The summed E-state index contributed by atoms with van der Waals surface area (Å²) in [6, 6.07) is 10.3. The van der Waals surface area contributed by atoms with E-state index >= 15 is 0 Å². The maximum atomic E-state index is 6.26. The quantitative estimate of drug-likeness (QED) is 0.777. The highest BCUT2D eigenvalue weighted by molar-refractivity contribution is 5.32. The fourth-order valence-electron chi connectivity index (χ4n) is 2.03. The van der Waals surface area contributed by atoms with Crippen LogP contribution in [0.5, 0.6) is 0 Å². The van der Waals surface area contributed by atoms with Crippen LogP contribution in [0.3, 0.4) is 0 Å². The van der Waals surface area contributed by atoms with E-state index in [0.717, 1.165) is 6.42 Å². The normalized spacial score (nSPS) is 22.3. The van der Waals surface area contributed by atoms with Crippen molar-refractivity contribution < 1.29 is 0 Å². The number of nitrogens with two attached hydrogens (primary N) is 1. The van der Waals surface area contributed by atoms with Crippen molar-refractivity contribution in [3.8, 4) is 0 Å². The van der Waals surface area contributed by atoms with Crippen LogP contribution >= 0.6 is 0 Å². The van der Waals surface area contributed by atoms with Gasteiger partial charge in [0.2, 0.25) is 0 Å². The summed E-state index contributed by atoms with van der Waals surface area (Å²) in [7, 11) is 0. The standard InChI is InChI=1S/C14H17N/c1-11-7-5-6-10-13(11)14(15)12-8-3-2-4-9-12/h2-6,8-11,14H,7,15H2,1H3. The molecule has 15 heavy (non-hydrogen) atoms. The van der Waals surface area contributed by atoms with Gasteiger partial charge in [0.05, 0.1) is 6.04 Å². The van der Waals surface area contributed by atoms with Gasteiger partial charge in [0.1, 0.15) is 0 Å². The number of benzene rings is 1. The van der Waals surface area contributed by atoms with E-state index in [1.165, 1.54) is 11.1 Å². The van der Waals surface area contributed by atoms with Crippen molar-refractivity contribution >= 4 is 0 Å². The molecule has 0 aliphatic heterocycles. The second-order valence-electron chi connectivity index (χ2n) is 4.12. The highest BCUT2D eigenvalue weighted by Crippen LogP contribution is 2.29. The number of allylic oxidation sites excluding steroid dienone is 3. The Bertz CT molecular complexity index is 376. The van der Waals surface area contributed by atoms with E-state index in [2.05, 4.69) is 37.3 Å². The third kappa shape index (κ3) is 2.18. The van der Waals surface area contributed by atoms with Gasteiger partial charge in [-0.25, -0.2) is 0 Å². The van der Waals surface area contributed by atoms with Gasteiger partial charge in [0.25, 0.3) is 0 Å². The van der Waals surface area contributed by atoms with Crippen LogP contribution in [-0.4, -0.2) is 0 Å². The summed E-state index contributed by atoms with van der Waals surface area (Å²) < 4.78 is 0. The molecular formula is C14H17N. The molecule has 1 aromatic carbocycles. The van der Waals surface area contributed by atoms with Crippen LogP contribution in [0.4, 0.5) is 0 Å². The van der Waals surface area contributed by atoms with Gasteiger partial charge in [-0.2, -0.15) is 0 Å². The van der Waals surface area contributed by atoms with Crippen molar-refractivity contribution in [2.24, 2.45) is 11.7 Å². The summed E-state index contributed by atoms with van der Waals surface area (Å²) in [6.45, 7) is 2.23. The van der Waals surface area contributed by atoms with Crippen molar-refractivity contribution in [1.82, 2.24) is 0 Å². The van der Waals surface area contributed by atoms with Crippen LogP contribution in [0.1, 0.15) is 24.9 Å². The van der Waals surface area contributed by atoms with Crippen LogP contribution in [0.2, 0.25) is 0 Å². The molecule has 2 rings (SSSR count). The maximum Gasteiger partial charge on any atom is 0.0516 e. The molecule has 0 heterocycles. The van der Waals surface area contributed by atoms with Crippen molar-refractivity contribution in [3.05, 3.63) is 59.7 Å². The van der Waals surface area contributed by atoms with Gasteiger partial charge >= 0.3 is 0 Å². The molecule has 0 aromatic heterocycles. The Morgan fingerprint density at radius 3 is 2.67 bits per heavy atom. The SMILES string of the molecule is CC1CC=CC=C1C(N)c1ccccc1. The third-order valence-corrected chi connectivity index (χ3v) is 3.00. The predicted molar refractivity (Wildman–Crippen MR) is 64.4 cm³/mol. The Morgan fingerprint density at radius 2 is 2.00 bits per heavy atom. The maximum absolute atomic E-state index is 6.26. The summed E-state index contributed by atoms with van der Waals surface area (Å²) in [4.78, 5) is 0. The average molecular weight is 199 g/mol. The van der Waals surface area contributed by atoms with Gasteiger partial charge in [-0.15, -0.1) is 0 Å². The van der Waals surface area contributed by atoms with Crippen molar-refractivity contribution in [2.75, 3.05) is 0 Å². The van der Waals surface area contributed by atoms with Crippen molar-refractivity contribution in [2.45, 2.75) is 19.4 Å². The molecule has 0 amide bonds. The minimum Gasteiger partial charge on any atom is -0.321 e. The molecule has 1 aromatic rings. The number of hydrogen-bond donors (Lipinski definition) is 1. The fourth-order valence-corrected chi connectivity index (χ4v) is 2.03. The summed E-state index contributed by atoms with van der Waals surface area (Å²) in [5.41, 5.74) is 8.79. The van der Waals surface area contributed by atoms with Crippen LogP contribution in [0.25, 0.3) is 0 Å². The van der Waals surface area contributed by atoms with Gasteiger partial charge in [0, 0.05) is 0 Å². The van der Waals surface area contributed by atoms with Gasteiger partial charge < -0.3 is 5.73 Å². The zero-order chi connectivity index (χ0) is 10.7. The first-order chi connectivity index (χ1) is 7.29. The minimum absolute atomic E-state index is 0.0474. The molecule has 0 radical (unpaired) electrons. The molecule has 2 atom stereocenters. The van der Waals surface area contributed by atoms with Gasteiger partial charge in [-0.3, -0.25) is 0 Å². The Kier molecular flexibility index (Phi) is 3.02. The second kappa shape index (κ2) is 4.45. The topological polar surface area (TPSA) is 26.0 Å². The summed E-state index contributed by atoms with van der Waals surface area (Å²) in [5, 5.41) is 0. The Balaban J connectivity index is 2.24. The molecule has 1 heteroatoms. The van der Waals surface area contributed by atoms with Crippen LogP contribution < -0.4 is 5.73 Å². The fraction of sp³-hybridized carbons (Fsp3) is 0.286. The smallest absolute Gasteiger partial charge is 0.0516 e. The molecule has 0 saturated heterocycles. The number of hydrogen-bond acceptors (Lipinski definition) is 1. The second-order valence-corrected chi connectivity index (χ2v) is 4.12.